The van der Waals surface area contributed by atoms with Crippen molar-refractivity contribution in [2.75, 3.05) is 7.05 Å². The zero-order valence-electron chi connectivity index (χ0n) is 12.7. The fraction of sp³-hybridized carbons (Fsp3) is 0.438. The molecule has 2 aromatic rings. The largest absolute Gasteiger partial charge is 0.391 e. The first-order chi connectivity index (χ1) is 10.4. The second-order valence-corrected chi connectivity index (χ2v) is 6.73. The van der Waals surface area contributed by atoms with Gasteiger partial charge in [-0.1, -0.05) is 28.4 Å². The molecule has 2 atom stereocenters. The van der Waals surface area contributed by atoms with Gasteiger partial charge in [-0.05, 0) is 44.2 Å². The number of aryl methyl sites for hydroxylation is 2. The van der Waals surface area contributed by atoms with Gasteiger partial charge in [0.2, 0.25) is 0 Å². The summed E-state index contributed by atoms with van der Waals surface area (Å²) in [5, 5.41) is 15.7. The summed E-state index contributed by atoms with van der Waals surface area (Å²) in [5.41, 5.74) is 3.91. The fourth-order valence-corrected chi connectivity index (χ4v) is 3.82. The van der Waals surface area contributed by atoms with Crippen molar-refractivity contribution in [2.24, 2.45) is 0 Å². The predicted molar refractivity (Wildman–Crippen MR) is 86.4 cm³/mol. The van der Waals surface area contributed by atoms with E-state index in [-0.39, 0.29) is 6.04 Å². The van der Waals surface area contributed by atoms with Crippen LogP contribution in [0.25, 0.3) is 0 Å². The Morgan fingerprint density at radius 3 is 2.73 bits per heavy atom. The van der Waals surface area contributed by atoms with E-state index < -0.39 is 6.10 Å². The number of nitrogens with zero attached hydrogens (tertiary/aromatic N) is 2. The molecule has 0 aliphatic heterocycles. The van der Waals surface area contributed by atoms with Crippen LogP contribution >= 0.6 is 23.2 Å². The first-order valence-electron chi connectivity index (χ1n) is 7.16. The van der Waals surface area contributed by atoms with E-state index in [4.69, 9.17) is 27.7 Å². The number of likely N-dealkylation sites (N-methyl/N-ethyl adjacent to an activating group) is 1. The molecule has 0 saturated heterocycles. The van der Waals surface area contributed by atoms with Crippen LogP contribution in [0.1, 0.15) is 34.2 Å². The van der Waals surface area contributed by atoms with Gasteiger partial charge < -0.3 is 9.63 Å². The van der Waals surface area contributed by atoms with Crippen LogP contribution in [0.15, 0.2) is 16.7 Å². The number of fused-ring (bicyclic) bond motifs is 1. The van der Waals surface area contributed by atoms with Crippen molar-refractivity contribution in [2.45, 2.75) is 39.0 Å². The van der Waals surface area contributed by atoms with E-state index in [1.807, 2.05) is 27.0 Å². The molecular weight excluding hydrogens is 323 g/mol. The van der Waals surface area contributed by atoms with Gasteiger partial charge in [-0.2, -0.15) is 0 Å². The maximum atomic E-state index is 10.5. The SMILES string of the molecule is Cc1noc(C)c1CN(C)[C@H]1c2cc(Cl)cc(Cl)c2C[C@@H]1O. The summed E-state index contributed by atoms with van der Waals surface area (Å²) in [7, 11) is 1.98. The van der Waals surface area contributed by atoms with Crippen LogP contribution in [0.3, 0.4) is 0 Å². The van der Waals surface area contributed by atoms with Crippen LogP contribution in [0.5, 0.6) is 0 Å². The zero-order valence-corrected chi connectivity index (χ0v) is 14.2. The molecule has 0 bridgehead atoms. The van der Waals surface area contributed by atoms with E-state index in [9.17, 15) is 5.11 Å². The molecule has 1 heterocycles. The van der Waals surface area contributed by atoms with Gasteiger partial charge in [0.25, 0.3) is 0 Å². The minimum Gasteiger partial charge on any atom is -0.391 e. The van der Waals surface area contributed by atoms with Crippen LogP contribution in [-0.4, -0.2) is 28.3 Å². The number of hydrogen-bond donors (Lipinski definition) is 1. The lowest BCUT2D eigenvalue weighted by molar-refractivity contribution is 0.0721. The maximum Gasteiger partial charge on any atom is 0.138 e. The third-order valence-electron chi connectivity index (χ3n) is 4.35. The van der Waals surface area contributed by atoms with Crippen LogP contribution in [0.2, 0.25) is 10.0 Å². The standard InChI is InChI=1S/C16H18Cl2N2O2/c1-8-13(9(2)22-19-8)7-20(3)16-12-4-10(17)5-14(18)11(12)6-15(16)21/h4-5,15-16,21H,6-7H2,1-3H3/t15-,16-/m0/s1. The Labute approximate surface area is 139 Å². The monoisotopic (exact) mass is 340 g/mol. The number of halogens is 2. The van der Waals surface area contributed by atoms with Crippen LogP contribution in [-0.2, 0) is 13.0 Å². The van der Waals surface area contributed by atoms with Crippen molar-refractivity contribution in [3.05, 3.63) is 50.3 Å². The van der Waals surface area contributed by atoms with Crippen molar-refractivity contribution in [1.82, 2.24) is 10.1 Å². The van der Waals surface area contributed by atoms with Gasteiger partial charge in [0, 0.05) is 28.6 Å². The second kappa shape index (κ2) is 5.85. The first-order valence-corrected chi connectivity index (χ1v) is 7.92. The molecule has 6 heteroatoms. The van der Waals surface area contributed by atoms with Gasteiger partial charge in [-0.3, -0.25) is 4.90 Å². The molecule has 118 valence electrons. The number of aliphatic hydroxyl groups is 1. The third-order valence-corrected chi connectivity index (χ3v) is 4.91. The van der Waals surface area contributed by atoms with Gasteiger partial charge in [0.1, 0.15) is 5.76 Å². The molecule has 1 aromatic carbocycles. The van der Waals surface area contributed by atoms with Crippen LogP contribution < -0.4 is 0 Å². The lowest BCUT2D eigenvalue weighted by Gasteiger charge is -2.28. The molecule has 0 amide bonds. The smallest absolute Gasteiger partial charge is 0.138 e. The van der Waals surface area contributed by atoms with Crippen molar-refractivity contribution >= 4 is 23.2 Å². The molecule has 0 unspecified atom stereocenters. The normalized spacial score (nSPS) is 20.7. The number of hydrogen-bond acceptors (Lipinski definition) is 4. The Bertz CT molecular complexity index is 695. The minimum atomic E-state index is -0.503. The number of aromatic nitrogens is 1. The highest BCUT2D eigenvalue weighted by molar-refractivity contribution is 6.35. The van der Waals surface area contributed by atoms with Gasteiger partial charge in [-0.25, -0.2) is 0 Å². The van der Waals surface area contributed by atoms with E-state index in [0.717, 1.165) is 28.1 Å². The lowest BCUT2D eigenvalue weighted by Crippen LogP contribution is -2.31. The van der Waals surface area contributed by atoms with Crippen LogP contribution in [0, 0.1) is 13.8 Å². The topological polar surface area (TPSA) is 49.5 Å². The van der Waals surface area contributed by atoms with Crippen molar-refractivity contribution in [3.63, 3.8) is 0 Å². The molecule has 1 aromatic heterocycles. The van der Waals surface area contributed by atoms with E-state index in [1.54, 1.807) is 6.07 Å². The maximum absolute atomic E-state index is 10.5. The molecule has 0 saturated carbocycles. The molecule has 4 nitrogen and oxygen atoms in total. The highest BCUT2D eigenvalue weighted by atomic mass is 35.5. The van der Waals surface area contributed by atoms with Gasteiger partial charge in [0.05, 0.1) is 17.8 Å². The Morgan fingerprint density at radius 1 is 1.36 bits per heavy atom. The zero-order chi connectivity index (χ0) is 16.0. The summed E-state index contributed by atoms with van der Waals surface area (Å²) in [6.07, 6.45) is 0.0403. The van der Waals surface area contributed by atoms with Crippen molar-refractivity contribution < 1.29 is 9.63 Å². The lowest BCUT2D eigenvalue weighted by atomic mass is 10.1. The molecule has 0 fully saturated rings. The highest BCUT2D eigenvalue weighted by Crippen LogP contribution is 2.41. The summed E-state index contributed by atoms with van der Waals surface area (Å²) in [6.45, 7) is 4.47. The summed E-state index contributed by atoms with van der Waals surface area (Å²) < 4.78 is 5.21. The summed E-state index contributed by atoms with van der Waals surface area (Å²) in [4.78, 5) is 2.09. The molecule has 0 spiro atoms. The minimum absolute atomic E-state index is 0.139. The van der Waals surface area contributed by atoms with E-state index in [1.165, 1.54) is 0 Å². The molecule has 0 radical (unpaired) electrons. The number of rotatable bonds is 3. The number of benzene rings is 1. The summed E-state index contributed by atoms with van der Waals surface area (Å²) >= 11 is 12.4. The third kappa shape index (κ3) is 2.65. The number of aliphatic hydroxyl groups excluding tert-OH is 1. The van der Waals surface area contributed by atoms with Crippen LogP contribution in [0.4, 0.5) is 0 Å². The highest BCUT2D eigenvalue weighted by Gasteiger charge is 2.36. The molecular formula is C16H18Cl2N2O2. The Balaban J connectivity index is 1.93. The molecule has 1 aliphatic carbocycles. The second-order valence-electron chi connectivity index (χ2n) is 5.89. The van der Waals surface area contributed by atoms with Crippen molar-refractivity contribution in [1.29, 1.82) is 0 Å². The van der Waals surface area contributed by atoms with Gasteiger partial charge >= 0.3 is 0 Å². The Hall–Kier alpha value is -1.07. The summed E-state index contributed by atoms with van der Waals surface area (Å²) in [5.74, 6) is 0.807. The van der Waals surface area contributed by atoms with Gasteiger partial charge in [-0.15, -0.1) is 0 Å². The Kier molecular flexibility index (Phi) is 4.21. The van der Waals surface area contributed by atoms with E-state index >= 15 is 0 Å². The molecule has 1 N–H and O–H groups in total. The Morgan fingerprint density at radius 2 is 2.09 bits per heavy atom. The van der Waals surface area contributed by atoms with E-state index in [2.05, 4.69) is 10.1 Å². The summed E-state index contributed by atoms with van der Waals surface area (Å²) in [6, 6.07) is 3.48. The van der Waals surface area contributed by atoms with Gasteiger partial charge in [0.15, 0.2) is 0 Å². The first kappa shape index (κ1) is 15.8. The average molecular weight is 341 g/mol. The predicted octanol–water partition coefficient (Wildman–Crippen LogP) is 3.69. The van der Waals surface area contributed by atoms with Crippen molar-refractivity contribution in [3.8, 4) is 0 Å². The molecule has 22 heavy (non-hydrogen) atoms. The average Bonchev–Trinajstić information content (AvgIpc) is 2.92. The quantitative estimate of drug-likeness (QED) is 0.925. The van der Waals surface area contributed by atoms with E-state index in [0.29, 0.717) is 23.0 Å². The molecule has 3 rings (SSSR count). The fourth-order valence-electron chi connectivity index (χ4n) is 3.24. The molecule has 1 aliphatic rings.